The number of nitrogens with two attached hydrogens (primary N) is 1. The molecule has 0 amide bonds. The minimum atomic E-state index is -0.313. The molecule has 0 saturated carbocycles. The van der Waals surface area contributed by atoms with E-state index in [9.17, 15) is 4.39 Å². The monoisotopic (exact) mass is 287 g/mol. The van der Waals surface area contributed by atoms with Crippen LogP contribution in [-0.4, -0.2) is 0 Å². The van der Waals surface area contributed by atoms with Gasteiger partial charge in [0.05, 0.1) is 0 Å². The van der Waals surface area contributed by atoms with Crippen LogP contribution < -0.4 is 10.5 Å². The third-order valence-corrected chi connectivity index (χ3v) is 3.68. The van der Waals surface area contributed by atoms with Crippen LogP contribution in [0.5, 0.6) is 5.75 Å². The van der Waals surface area contributed by atoms with Crippen LogP contribution in [0.1, 0.15) is 40.8 Å². The second-order valence-electron chi connectivity index (χ2n) is 5.64. The van der Waals surface area contributed by atoms with E-state index in [0.29, 0.717) is 12.4 Å². The van der Waals surface area contributed by atoms with Gasteiger partial charge in [-0.15, -0.1) is 0 Å². The smallest absolute Gasteiger partial charge is 0.127 e. The predicted octanol–water partition coefficient (Wildman–Crippen LogP) is 4.35. The molecule has 0 aliphatic rings. The van der Waals surface area contributed by atoms with Crippen LogP contribution in [0, 0.1) is 26.6 Å². The summed E-state index contributed by atoms with van der Waals surface area (Å²) in [5, 5.41) is 0. The number of ether oxygens (including phenoxy) is 1. The Bertz CT molecular complexity index is 627. The lowest BCUT2D eigenvalue weighted by molar-refractivity contribution is 0.298. The fraction of sp³-hybridized carbons (Fsp3) is 0.333. The van der Waals surface area contributed by atoms with Crippen molar-refractivity contribution in [2.75, 3.05) is 0 Å². The lowest BCUT2D eigenvalue weighted by Gasteiger charge is -2.16. The molecule has 0 bridgehead atoms. The molecule has 0 fully saturated rings. The minimum Gasteiger partial charge on any atom is -0.488 e. The van der Waals surface area contributed by atoms with Crippen molar-refractivity contribution in [3.63, 3.8) is 0 Å². The first-order valence-corrected chi connectivity index (χ1v) is 7.13. The first kappa shape index (κ1) is 15.5. The maximum absolute atomic E-state index is 13.4. The lowest BCUT2D eigenvalue weighted by Crippen LogP contribution is -2.09. The van der Waals surface area contributed by atoms with Crippen LogP contribution in [0.25, 0.3) is 0 Å². The molecule has 1 atom stereocenters. The molecule has 0 heterocycles. The van der Waals surface area contributed by atoms with Crippen molar-refractivity contribution in [2.24, 2.45) is 5.73 Å². The highest BCUT2D eigenvalue weighted by Crippen LogP contribution is 2.27. The van der Waals surface area contributed by atoms with Crippen LogP contribution in [-0.2, 0) is 6.61 Å². The minimum absolute atomic E-state index is 0.194. The fourth-order valence-corrected chi connectivity index (χ4v) is 2.60. The second kappa shape index (κ2) is 6.27. The molecule has 21 heavy (non-hydrogen) atoms. The third kappa shape index (κ3) is 3.61. The van der Waals surface area contributed by atoms with Gasteiger partial charge in [-0.1, -0.05) is 23.8 Å². The van der Waals surface area contributed by atoms with Crippen molar-refractivity contribution in [1.29, 1.82) is 0 Å². The molecule has 0 aliphatic heterocycles. The first-order valence-electron chi connectivity index (χ1n) is 7.13. The Morgan fingerprint density at radius 2 is 1.71 bits per heavy atom. The van der Waals surface area contributed by atoms with Gasteiger partial charge in [0.25, 0.3) is 0 Å². The van der Waals surface area contributed by atoms with Gasteiger partial charge in [-0.2, -0.15) is 0 Å². The Morgan fingerprint density at radius 1 is 1.10 bits per heavy atom. The molecule has 0 saturated heterocycles. The van der Waals surface area contributed by atoms with Gasteiger partial charge in [-0.05, 0) is 50.5 Å². The molecule has 0 spiro atoms. The van der Waals surface area contributed by atoms with Gasteiger partial charge in [-0.25, -0.2) is 4.39 Å². The van der Waals surface area contributed by atoms with Gasteiger partial charge in [-0.3, -0.25) is 0 Å². The van der Waals surface area contributed by atoms with E-state index in [1.165, 1.54) is 28.8 Å². The molecule has 0 aliphatic carbocycles. The summed E-state index contributed by atoms with van der Waals surface area (Å²) in [5.74, 6) is 0.205. The van der Waals surface area contributed by atoms with Crippen LogP contribution in [0.4, 0.5) is 4.39 Å². The molecule has 2 rings (SSSR count). The maximum atomic E-state index is 13.4. The van der Waals surface area contributed by atoms with E-state index in [1.807, 2.05) is 6.92 Å². The number of aryl methyl sites for hydroxylation is 3. The zero-order valence-electron chi connectivity index (χ0n) is 13.0. The summed E-state index contributed by atoms with van der Waals surface area (Å²) in [6.07, 6.45) is 0. The van der Waals surface area contributed by atoms with Crippen molar-refractivity contribution < 1.29 is 9.13 Å². The largest absolute Gasteiger partial charge is 0.488 e. The van der Waals surface area contributed by atoms with Gasteiger partial charge < -0.3 is 10.5 Å². The molecular weight excluding hydrogens is 265 g/mol. The Kier molecular flexibility index (Phi) is 4.63. The highest BCUT2D eigenvalue weighted by Gasteiger charge is 2.11. The Balaban J connectivity index is 2.26. The molecule has 2 aromatic carbocycles. The van der Waals surface area contributed by atoms with Crippen molar-refractivity contribution in [1.82, 2.24) is 0 Å². The van der Waals surface area contributed by atoms with Crippen LogP contribution >= 0.6 is 0 Å². The second-order valence-corrected chi connectivity index (χ2v) is 5.64. The average molecular weight is 287 g/mol. The molecule has 2 N–H and O–H groups in total. The summed E-state index contributed by atoms with van der Waals surface area (Å²) in [5.41, 5.74) is 11.5. The summed E-state index contributed by atoms with van der Waals surface area (Å²) in [4.78, 5) is 0. The molecule has 2 nitrogen and oxygen atoms in total. The summed E-state index contributed by atoms with van der Waals surface area (Å²) < 4.78 is 19.3. The van der Waals surface area contributed by atoms with Crippen LogP contribution in [0.15, 0.2) is 30.3 Å². The SMILES string of the molecule is Cc1cc(C)c(COc2cc(F)ccc2[C@H](C)N)c(C)c1. The third-order valence-electron chi connectivity index (χ3n) is 3.68. The normalized spacial score (nSPS) is 12.3. The summed E-state index contributed by atoms with van der Waals surface area (Å²) in [6.45, 7) is 8.49. The first-order chi connectivity index (χ1) is 9.88. The summed E-state index contributed by atoms with van der Waals surface area (Å²) in [7, 11) is 0. The lowest BCUT2D eigenvalue weighted by atomic mass is 10.0. The molecule has 112 valence electrons. The number of rotatable bonds is 4. The fourth-order valence-electron chi connectivity index (χ4n) is 2.60. The van der Waals surface area contributed by atoms with Crippen molar-refractivity contribution in [2.45, 2.75) is 40.3 Å². The Hall–Kier alpha value is -1.87. The highest BCUT2D eigenvalue weighted by atomic mass is 19.1. The van der Waals surface area contributed by atoms with E-state index < -0.39 is 0 Å². The molecule has 0 aromatic heterocycles. The van der Waals surface area contributed by atoms with E-state index in [2.05, 4.69) is 32.9 Å². The molecular formula is C18H22FNO. The van der Waals surface area contributed by atoms with Crippen LogP contribution in [0.3, 0.4) is 0 Å². The maximum Gasteiger partial charge on any atom is 0.127 e. The van der Waals surface area contributed by atoms with Gasteiger partial charge in [0, 0.05) is 17.7 Å². The van der Waals surface area contributed by atoms with E-state index in [1.54, 1.807) is 6.07 Å². The van der Waals surface area contributed by atoms with Crippen molar-refractivity contribution >= 4 is 0 Å². The Morgan fingerprint density at radius 3 is 2.29 bits per heavy atom. The van der Waals surface area contributed by atoms with E-state index in [0.717, 1.165) is 11.1 Å². The molecule has 0 unspecified atom stereocenters. The molecule has 3 heteroatoms. The van der Waals surface area contributed by atoms with Crippen molar-refractivity contribution in [3.05, 3.63) is 64.0 Å². The standard InChI is InChI=1S/C18H22FNO/c1-11-7-12(2)17(13(3)8-11)10-21-18-9-15(19)5-6-16(18)14(4)20/h5-9,14H,10,20H2,1-4H3/t14-/m0/s1. The summed E-state index contributed by atoms with van der Waals surface area (Å²) in [6, 6.07) is 8.56. The van der Waals surface area contributed by atoms with Gasteiger partial charge in [0.1, 0.15) is 18.2 Å². The zero-order chi connectivity index (χ0) is 15.6. The predicted molar refractivity (Wildman–Crippen MR) is 84.0 cm³/mol. The molecule has 0 radical (unpaired) electrons. The van der Waals surface area contributed by atoms with Gasteiger partial charge >= 0.3 is 0 Å². The quantitative estimate of drug-likeness (QED) is 0.907. The van der Waals surface area contributed by atoms with Gasteiger partial charge in [0.2, 0.25) is 0 Å². The number of hydrogen-bond donors (Lipinski definition) is 1. The Labute approximate surface area is 125 Å². The molecule has 2 aromatic rings. The number of hydrogen-bond acceptors (Lipinski definition) is 2. The van der Waals surface area contributed by atoms with E-state index in [-0.39, 0.29) is 11.9 Å². The topological polar surface area (TPSA) is 35.2 Å². The highest BCUT2D eigenvalue weighted by molar-refractivity contribution is 5.39. The zero-order valence-corrected chi connectivity index (χ0v) is 13.0. The number of benzene rings is 2. The summed E-state index contributed by atoms with van der Waals surface area (Å²) >= 11 is 0. The number of halogens is 1. The van der Waals surface area contributed by atoms with Gasteiger partial charge in [0.15, 0.2) is 0 Å². The average Bonchev–Trinajstić information content (AvgIpc) is 2.37. The van der Waals surface area contributed by atoms with Crippen LogP contribution in [0.2, 0.25) is 0 Å². The van der Waals surface area contributed by atoms with E-state index in [4.69, 9.17) is 10.5 Å². The van der Waals surface area contributed by atoms with Crippen molar-refractivity contribution in [3.8, 4) is 5.75 Å². The van der Waals surface area contributed by atoms with E-state index >= 15 is 0 Å².